The van der Waals surface area contributed by atoms with Gasteiger partial charge in [0.25, 0.3) is 0 Å². The van der Waals surface area contributed by atoms with Crippen LogP contribution < -0.4 is 0 Å². The number of unbranched alkanes of at least 4 members (excludes halogenated alkanes) is 17. The molecule has 0 spiro atoms. The molecule has 0 aliphatic rings. The van der Waals surface area contributed by atoms with Crippen LogP contribution in [0.25, 0.3) is 0 Å². The monoisotopic (exact) mass is 571 g/mol. The van der Waals surface area contributed by atoms with Gasteiger partial charge in [0.1, 0.15) is 6.10 Å². The molecule has 0 amide bonds. The van der Waals surface area contributed by atoms with Crippen molar-refractivity contribution in [2.45, 2.75) is 227 Å². The van der Waals surface area contributed by atoms with Gasteiger partial charge < -0.3 is 4.74 Å². The number of halogens is 1. The normalized spacial score (nSPS) is 12.7. The van der Waals surface area contributed by atoms with E-state index in [0.29, 0.717) is 6.42 Å². The predicted octanol–water partition coefficient (Wildman–Crippen LogP) is 13.5. The molecule has 0 heterocycles. The molecule has 40 heavy (non-hydrogen) atoms. The number of alkyl halides is 1. The molecule has 0 bridgehead atoms. The summed E-state index contributed by atoms with van der Waals surface area (Å²) in [5.74, 6) is 0.164. The zero-order valence-electron chi connectivity index (χ0n) is 28.5. The molecule has 0 fully saturated rings. The van der Waals surface area contributed by atoms with Crippen molar-refractivity contribution in [3.05, 3.63) is 0 Å². The Kier molecular flexibility index (Phi) is 35.9. The lowest BCUT2D eigenvalue weighted by Crippen LogP contribution is -2.25. The summed E-state index contributed by atoms with van der Waals surface area (Å²) < 4.78 is 20.5. The van der Waals surface area contributed by atoms with Gasteiger partial charge in [-0.05, 0) is 44.4 Å². The average Bonchev–Trinajstić information content (AvgIpc) is 2.97. The van der Waals surface area contributed by atoms with E-state index in [1.165, 1.54) is 128 Å². The molecule has 2 atom stereocenters. The summed E-state index contributed by atoms with van der Waals surface area (Å²) in [6, 6.07) is 0. The lowest BCUT2D eigenvalue weighted by molar-refractivity contribution is -0.156. The molecule has 0 radical (unpaired) electrons. The molecule has 0 N–H and O–H groups in total. The molecule has 242 valence electrons. The second kappa shape index (κ2) is 34.6. The van der Waals surface area contributed by atoms with Crippen LogP contribution in [0.1, 0.15) is 215 Å². The third kappa shape index (κ3) is 28.9. The summed E-state index contributed by atoms with van der Waals surface area (Å²) in [7, 11) is 0. The molecule has 0 saturated heterocycles. The molecule has 0 aromatic heterocycles. The van der Waals surface area contributed by atoms with Gasteiger partial charge in [-0.3, -0.25) is 0 Å². The van der Waals surface area contributed by atoms with Crippen LogP contribution in [-0.4, -0.2) is 18.2 Å². The van der Waals surface area contributed by atoms with E-state index in [1.54, 1.807) is 0 Å². The van der Waals surface area contributed by atoms with Crippen LogP contribution in [-0.2, 0) is 9.53 Å². The number of hydrogen-bond acceptors (Lipinski definition) is 2. The Bertz CT molecular complexity index is 465. The molecule has 0 aromatic carbocycles. The fourth-order valence-electron chi connectivity index (χ4n) is 5.62. The number of esters is 1. The highest BCUT2D eigenvalue weighted by molar-refractivity contribution is 5.74. The minimum atomic E-state index is -1.45. The lowest BCUT2D eigenvalue weighted by Gasteiger charge is -2.20. The second-order valence-electron chi connectivity index (χ2n) is 12.1. The van der Waals surface area contributed by atoms with Crippen LogP contribution in [0.5, 0.6) is 0 Å². The van der Waals surface area contributed by atoms with Crippen molar-refractivity contribution in [2.24, 2.45) is 5.92 Å². The van der Waals surface area contributed by atoms with E-state index in [1.807, 2.05) is 13.8 Å². The van der Waals surface area contributed by atoms with Gasteiger partial charge in [0.15, 0.2) is 6.17 Å². The maximum Gasteiger partial charge on any atom is 0.340 e. The van der Waals surface area contributed by atoms with Crippen LogP contribution in [0.15, 0.2) is 0 Å². The van der Waals surface area contributed by atoms with E-state index in [9.17, 15) is 9.18 Å². The molecular formula is C37H75FO2. The molecular weight excluding hydrogens is 495 g/mol. The number of hydrogen-bond donors (Lipinski definition) is 0. The summed E-state index contributed by atoms with van der Waals surface area (Å²) in [6.07, 6.45) is 30.4. The molecule has 0 aromatic rings. The molecule has 0 aliphatic heterocycles. The van der Waals surface area contributed by atoms with Crippen molar-refractivity contribution in [2.75, 3.05) is 0 Å². The van der Waals surface area contributed by atoms with E-state index in [-0.39, 0.29) is 6.10 Å². The predicted molar refractivity (Wildman–Crippen MR) is 177 cm³/mol. The Morgan fingerprint density at radius 3 is 1.23 bits per heavy atom. The Labute approximate surface area is 252 Å². The molecule has 0 rings (SSSR count). The van der Waals surface area contributed by atoms with Gasteiger partial charge in [-0.1, -0.05) is 176 Å². The van der Waals surface area contributed by atoms with Gasteiger partial charge in [-0.2, -0.15) is 0 Å². The minimum Gasteiger partial charge on any atom is -0.460 e. The highest BCUT2D eigenvalue weighted by atomic mass is 19.1. The Morgan fingerprint density at radius 2 is 0.825 bits per heavy atom. The molecule has 0 saturated carbocycles. The Balaban J connectivity index is 0. The number of carbonyl (C=O) groups is 1. The number of carbonyl (C=O) groups excluding carboxylic acids is 1. The smallest absolute Gasteiger partial charge is 0.340 e. The van der Waals surface area contributed by atoms with Gasteiger partial charge in [-0.25, -0.2) is 9.18 Å². The quantitative estimate of drug-likeness (QED) is 0.0634. The average molecular weight is 571 g/mol. The zero-order chi connectivity index (χ0) is 30.1. The number of ether oxygens (including phenoxy) is 1. The second-order valence-corrected chi connectivity index (χ2v) is 12.1. The maximum absolute atomic E-state index is 14.7. The molecule has 2 nitrogen and oxygen atoms in total. The van der Waals surface area contributed by atoms with Crippen molar-refractivity contribution in [1.29, 1.82) is 0 Å². The third-order valence-corrected chi connectivity index (χ3v) is 8.41. The van der Waals surface area contributed by atoms with Gasteiger partial charge in [0, 0.05) is 0 Å². The Hall–Kier alpha value is -0.600. The summed E-state index contributed by atoms with van der Waals surface area (Å²) >= 11 is 0. The van der Waals surface area contributed by atoms with E-state index in [2.05, 4.69) is 27.7 Å². The van der Waals surface area contributed by atoms with Crippen molar-refractivity contribution in [3.8, 4) is 0 Å². The summed E-state index contributed by atoms with van der Waals surface area (Å²) in [4.78, 5) is 12.6. The first kappa shape index (κ1) is 41.5. The van der Waals surface area contributed by atoms with Crippen molar-refractivity contribution in [3.63, 3.8) is 0 Å². The fraction of sp³-hybridized carbons (Fsp3) is 0.973. The minimum absolute atomic E-state index is 0.0930. The topological polar surface area (TPSA) is 26.3 Å². The van der Waals surface area contributed by atoms with Crippen LogP contribution in [0, 0.1) is 5.92 Å². The fourth-order valence-corrected chi connectivity index (χ4v) is 5.62. The molecule has 0 aliphatic carbocycles. The largest absolute Gasteiger partial charge is 0.460 e. The van der Waals surface area contributed by atoms with Crippen molar-refractivity contribution < 1.29 is 13.9 Å². The van der Waals surface area contributed by atoms with Crippen molar-refractivity contribution >= 4 is 5.97 Å². The molecule has 3 heteroatoms. The first-order valence-electron chi connectivity index (χ1n) is 18.4. The number of rotatable bonds is 30. The van der Waals surface area contributed by atoms with Gasteiger partial charge in [0.2, 0.25) is 0 Å². The summed E-state index contributed by atoms with van der Waals surface area (Å²) in [5.41, 5.74) is 0. The summed E-state index contributed by atoms with van der Waals surface area (Å²) in [6.45, 7) is 13.0. The highest BCUT2D eigenvalue weighted by Crippen LogP contribution is 2.23. The van der Waals surface area contributed by atoms with Crippen LogP contribution in [0.4, 0.5) is 4.39 Å². The standard InChI is InChI=1S/C35H69FO2.C2H6/c1-5-9-12-15-18-19-22-27-32(8-4)28-25-26-31-34(36)35(37)38-33(29-23-20-16-13-10-6-2)30-24-21-17-14-11-7-3;1-2/h32-34H,5-31H2,1-4H3;1-2H3. The highest BCUT2D eigenvalue weighted by Gasteiger charge is 2.23. The SMILES string of the molecule is CC.CCCCCCCCCC(CC)CCCCC(F)C(=O)OC(CCCCCCCC)CCCCCCCC. The first-order valence-corrected chi connectivity index (χ1v) is 18.4. The van der Waals surface area contributed by atoms with E-state index < -0.39 is 12.1 Å². The van der Waals surface area contributed by atoms with Crippen LogP contribution in [0.3, 0.4) is 0 Å². The van der Waals surface area contributed by atoms with Crippen molar-refractivity contribution in [1.82, 2.24) is 0 Å². The van der Waals surface area contributed by atoms with Gasteiger partial charge >= 0.3 is 5.97 Å². The maximum atomic E-state index is 14.7. The third-order valence-electron chi connectivity index (χ3n) is 8.41. The van der Waals surface area contributed by atoms with E-state index >= 15 is 0 Å². The summed E-state index contributed by atoms with van der Waals surface area (Å²) in [5, 5.41) is 0. The first-order chi connectivity index (χ1) is 19.6. The van der Waals surface area contributed by atoms with E-state index in [4.69, 9.17) is 4.74 Å². The molecule has 2 unspecified atom stereocenters. The van der Waals surface area contributed by atoms with E-state index in [0.717, 1.165) is 44.4 Å². The Morgan fingerprint density at radius 1 is 0.500 bits per heavy atom. The van der Waals surface area contributed by atoms with Gasteiger partial charge in [-0.15, -0.1) is 0 Å². The zero-order valence-corrected chi connectivity index (χ0v) is 28.5. The lowest BCUT2D eigenvalue weighted by atomic mass is 9.92. The van der Waals surface area contributed by atoms with Gasteiger partial charge in [0.05, 0.1) is 0 Å². The van der Waals surface area contributed by atoms with Crippen LogP contribution >= 0.6 is 0 Å². The van der Waals surface area contributed by atoms with Crippen LogP contribution in [0.2, 0.25) is 0 Å².